The topological polar surface area (TPSA) is 67.8 Å². The molecule has 0 atom stereocenters. The van der Waals surface area contributed by atoms with E-state index in [1.54, 1.807) is 11.3 Å². The number of nitrogens with zero attached hydrogens (tertiary/aromatic N) is 3. The molecule has 1 N–H and O–H groups in total. The third kappa shape index (κ3) is 2.41. The third-order valence-corrected chi connectivity index (χ3v) is 4.74. The van der Waals surface area contributed by atoms with Crippen molar-refractivity contribution >= 4 is 49.1 Å². The van der Waals surface area contributed by atoms with E-state index in [-0.39, 0.29) is 11.6 Å². The number of carbonyl (C=O) groups is 1. The molecule has 20 heavy (non-hydrogen) atoms. The van der Waals surface area contributed by atoms with Crippen molar-refractivity contribution in [2.45, 2.75) is 6.92 Å². The summed E-state index contributed by atoms with van der Waals surface area (Å²) in [5.74, 6) is -0.292. The summed E-state index contributed by atoms with van der Waals surface area (Å²) in [4.78, 5) is 24.3. The molecule has 0 saturated carbocycles. The van der Waals surface area contributed by atoms with E-state index in [0.29, 0.717) is 5.69 Å². The molecule has 2 aromatic heterocycles. The van der Waals surface area contributed by atoms with Crippen LogP contribution in [0.1, 0.15) is 15.5 Å². The van der Waals surface area contributed by atoms with Crippen LogP contribution in [0.3, 0.4) is 0 Å². The van der Waals surface area contributed by atoms with E-state index in [1.165, 1.54) is 18.6 Å². The predicted molar refractivity (Wildman–Crippen MR) is 82.0 cm³/mol. The number of aryl methyl sites for hydroxylation is 1. The van der Waals surface area contributed by atoms with Gasteiger partial charge >= 0.3 is 0 Å². The van der Waals surface area contributed by atoms with Gasteiger partial charge in [-0.1, -0.05) is 0 Å². The summed E-state index contributed by atoms with van der Waals surface area (Å²) in [5.41, 5.74) is 1.88. The molecule has 1 amide bonds. The lowest BCUT2D eigenvalue weighted by Gasteiger charge is -2.06. The zero-order valence-electron chi connectivity index (χ0n) is 10.4. The smallest absolute Gasteiger partial charge is 0.275 e. The van der Waals surface area contributed by atoms with Gasteiger partial charge in [-0.3, -0.25) is 9.78 Å². The number of nitrogens with one attached hydrogen (secondary N) is 1. The molecule has 5 nitrogen and oxygen atoms in total. The number of thiazole rings is 1. The van der Waals surface area contributed by atoms with Crippen molar-refractivity contribution in [2.24, 2.45) is 0 Å². The number of rotatable bonds is 2. The molecule has 0 bridgehead atoms. The Hall–Kier alpha value is -1.86. The predicted octanol–water partition coefficient (Wildman–Crippen LogP) is 3.41. The van der Waals surface area contributed by atoms with E-state index in [4.69, 9.17) is 0 Å². The molecule has 0 aliphatic rings. The second-order valence-corrected chi connectivity index (χ2v) is 6.05. The highest BCUT2D eigenvalue weighted by molar-refractivity contribution is 9.10. The van der Waals surface area contributed by atoms with Crippen LogP contribution < -0.4 is 5.32 Å². The van der Waals surface area contributed by atoms with E-state index in [0.717, 1.165) is 19.7 Å². The van der Waals surface area contributed by atoms with E-state index in [1.807, 2.05) is 19.1 Å². The number of benzene rings is 1. The molecule has 2 heterocycles. The molecule has 0 aliphatic heterocycles. The largest absolute Gasteiger partial charge is 0.320 e. The standard InChI is InChI=1S/C13H9BrN4OS/c1-7-17-9-3-2-8(11(14)12(9)20-7)18-13(19)10-6-15-4-5-16-10/h2-6H,1H3,(H,18,19). The zero-order chi connectivity index (χ0) is 14.1. The minimum atomic E-state index is -0.292. The quantitative estimate of drug-likeness (QED) is 0.770. The number of hydrogen-bond donors (Lipinski definition) is 1. The number of fused-ring (bicyclic) bond motifs is 1. The number of aromatic nitrogens is 3. The molecular weight excluding hydrogens is 340 g/mol. The van der Waals surface area contributed by atoms with Crippen LogP contribution in [0.25, 0.3) is 10.2 Å². The lowest BCUT2D eigenvalue weighted by molar-refractivity contribution is 0.102. The van der Waals surface area contributed by atoms with E-state index < -0.39 is 0 Å². The number of carbonyl (C=O) groups excluding carboxylic acids is 1. The van der Waals surface area contributed by atoms with Gasteiger partial charge in [0.15, 0.2) is 0 Å². The molecule has 0 aliphatic carbocycles. The highest BCUT2D eigenvalue weighted by Gasteiger charge is 2.13. The van der Waals surface area contributed by atoms with Crippen molar-refractivity contribution in [1.82, 2.24) is 15.0 Å². The molecule has 0 radical (unpaired) electrons. The van der Waals surface area contributed by atoms with Crippen LogP contribution in [-0.2, 0) is 0 Å². The van der Waals surface area contributed by atoms with Gasteiger partial charge in [0.2, 0.25) is 0 Å². The van der Waals surface area contributed by atoms with Crippen molar-refractivity contribution in [1.29, 1.82) is 0 Å². The Labute approximate surface area is 127 Å². The number of amides is 1. The van der Waals surface area contributed by atoms with Gasteiger partial charge in [-0.2, -0.15) is 0 Å². The van der Waals surface area contributed by atoms with Gasteiger partial charge in [-0.15, -0.1) is 11.3 Å². The summed E-state index contributed by atoms with van der Waals surface area (Å²) in [7, 11) is 0. The first kappa shape index (κ1) is 13.1. The highest BCUT2D eigenvalue weighted by atomic mass is 79.9. The van der Waals surface area contributed by atoms with Crippen LogP contribution in [0.5, 0.6) is 0 Å². The Morgan fingerprint density at radius 1 is 1.35 bits per heavy atom. The van der Waals surface area contributed by atoms with Crippen molar-refractivity contribution in [3.8, 4) is 0 Å². The molecule has 0 fully saturated rings. The van der Waals surface area contributed by atoms with Gasteiger partial charge in [-0.25, -0.2) is 9.97 Å². The Bertz CT molecular complexity index is 788. The van der Waals surface area contributed by atoms with Crippen LogP contribution in [0.2, 0.25) is 0 Å². The molecule has 3 rings (SSSR count). The summed E-state index contributed by atoms with van der Waals surface area (Å²) < 4.78 is 1.84. The van der Waals surface area contributed by atoms with Gasteiger partial charge in [0.1, 0.15) is 5.69 Å². The van der Waals surface area contributed by atoms with Gasteiger partial charge < -0.3 is 5.32 Å². The maximum absolute atomic E-state index is 12.1. The number of hydrogen-bond acceptors (Lipinski definition) is 5. The van der Waals surface area contributed by atoms with Crippen LogP contribution in [0.15, 0.2) is 35.2 Å². The zero-order valence-corrected chi connectivity index (χ0v) is 12.8. The van der Waals surface area contributed by atoms with E-state index in [2.05, 4.69) is 36.2 Å². The van der Waals surface area contributed by atoms with Crippen LogP contribution in [-0.4, -0.2) is 20.9 Å². The van der Waals surface area contributed by atoms with Gasteiger partial charge in [0, 0.05) is 12.4 Å². The molecule has 7 heteroatoms. The number of anilines is 1. The molecule has 100 valence electrons. The average Bonchev–Trinajstić information content (AvgIpc) is 2.84. The normalized spacial score (nSPS) is 10.7. The SMILES string of the molecule is Cc1nc2ccc(NC(=O)c3cnccn3)c(Br)c2s1. The third-order valence-electron chi connectivity index (χ3n) is 2.65. The van der Waals surface area contributed by atoms with Crippen molar-refractivity contribution in [3.05, 3.63) is 45.9 Å². The van der Waals surface area contributed by atoms with Gasteiger partial charge in [0.05, 0.1) is 31.6 Å². The summed E-state index contributed by atoms with van der Waals surface area (Å²) in [5, 5.41) is 3.80. The van der Waals surface area contributed by atoms with Crippen molar-refractivity contribution in [3.63, 3.8) is 0 Å². The molecule has 0 saturated heterocycles. The second kappa shape index (κ2) is 5.26. The minimum absolute atomic E-state index is 0.278. The molecule has 1 aromatic carbocycles. The first-order valence-electron chi connectivity index (χ1n) is 5.78. The first-order chi connectivity index (χ1) is 9.65. The van der Waals surface area contributed by atoms with Crippen LogP contribution in [0.4, 0.5) is 5.69 Å². The Balaban J connectivity index is 1.95. The average molecular weight is 349 g/mol. The minimum Gasteiger partial charge on any atom is -0.320 e. The Kier molecular flexibility index (Phi) is 3.45. The fraction of sp³-hybridized carbons (Fsp3) is 0.0769. The van der Waals surface area contributed by atoms with Crippen molar-refractivity contribution in [2.75, 3.05) is 5.32 Å². The first-order valence-corrected chi connectivity index (χ1v) is 7.39. The molecular formula is C13H9BrN4OS. The maximum atomic E-state index is 12.1. The molecule has 0 unspecified atom stereocenters. The van der Waals surface area contributed by atoms with Gasteiger partial charge in [0.25, 0.3) is 5.91 Å². The monoisotopic (exact) mass is 348 g/mol. The lowest BCUT2D eigenvalue weighted by Crippen LogP contribution is -2.14. The van der Waals surface area contributed by atoms with E-state index in [9.17, 15) is 4.79 Å². The highest BCUT2D eigenvalue weighted by Crippen LogP contribution is 2.35. The van der Waals surface area contributed by atoms with E-state index >= 15 is 0 Å². The maximum Gasteiger partial charge on any atom is 0.275 e. The summed E-state index contributed by atoms with van der Waals surface area (Å²) >= 11 is 5.09. The fourth-order valence-corrected chi connectivity index (χ4v) is 3.30. The summed E-state index contributed by atoms with van der Waals surface area (Å²) in [6.07, 6.45) is 4.44. The van der Waals surface area contributed by atoms with Crippen LogP contribution in [0, 0.1) is 6.92 Å². The van der Waals surface area contributed by atoms with Crippen molar-refractivity contribution < 1.29 is 4.79 Å². The second-order valence-electron chi connectivity index (χ2n) is 4.05. The van der Waals surface area contributed by atoms with Crippen LogP contribution >= 0.6 is 27.3 Å². The fourth-order valence-electron chi connectivity index (χ4n) is 1.77. The number of halogens is 1. The lowest BCUT2D eigenvalue weighted by atomic mass is 10.3. The Morgan fingerprint density at radius 2 is 2.20 bits per heavy atom. The summed E-state index contributed by atoms with van der Waals surface area (Å²) in [6, 6.07) is 3.70. The van der Waals surface area contributed by atoms with Gasteiger partial charge in [-0.05, 0) is 35.0 Å². The summed E-state index contributed by atoms with van der Waals surface area (Å²) in [6.45, 7) is 1.95. The Morgan fingerprint density at radius 3 is 2.95 bits per heavy atom. The molecule has 3 aromatic rings. The molecule has 0 spiro atoms.